The Labute approximate surface area is 96.5 Å². The second-order valence-electron chi connectivity index (χ2n) is 4.59. The number of aromatic nitrogens is 1. The van der Waals surface area contributed by atoms with Crippen LogP contribution in [-0.2, 0) is 19.3 Å². The van der Waals surface area contributed by atoms with Crippen molar-refractivity contribution in [3.05, 3.63) is 41.1 Å². The van der Waals surface area contributed by atoms with Gasteiger partial charge in [-0.05, 0) is 49.3 Å². The van der Waals surface area contributed by atoms with Gasteiger partial charge in [0, 0.05) is 11.1 Å². The summed E-state index contributed by atoms with van der Waals surface area (Å²) in [6.45, 7) is 2.26. The molecule has 3 rings (SSSR count). The van der Waals surface area contributed by atoms with Gasteiger partial charge in [-0.25, -0.2) is 0 Å². The lowest BCUT2D eigenvalue weighted by Gasteiger charge is -2.20. The van der Waals surface area contributed by atoms with Crippen LogP contribution in [0.25, 0.3) is 10.9 Å². The molecule has 0 atom stereocenters. The van der Waals surface area contributed by atoms with E-state index in [0.29, 0.717) is 0 Å². The zero-order valence-electron chi connectivity index (χ0n) is 9.79. The highest BCUT2D eigenvalue weighted by molar-refractivity contribution is 5.83. The van der Waals surface area contributed by atoms with Gasteiger partial charge in [0.15, 0.2) is 0 Å². The summed E-state index contributed by atoms with van der Waals surface area (Å²) in [5.41, 5.74) is 5.63. The van der Waals surface area contributed by atoms with Gasteiger partial charge in [0.1, 0.15) is 0 Å². The van der Waals surface area contributed by atoms with E-state index >= 15 is 0 Å². The Balaban J connectivity index is 2.35. The number of pyridine rings is 1. The molecule has 0 amide bonds. The SMILES string of the molecule is CCc1c2c(nc3ccccc13)CCCC2. The molecule has 82 valence electrons. The highest BCUT2D eigenvalue weighted by Gasteiger charge is 2.16. The van der Waals surface area contributed by atoms with Gasteiger partial charge in [-0.3, -0.25) is 4.98 Å². The maximum Gasteiger partial charge on any atom is 0.0708 e. The molecule has 1 nitrogen and oxygen atoms in total. The quantitative estimate of drug-likeness (QED) is 0.701. The number of fused-ring (bicyclic) bond motifs is 2. The van der Waals surface area contributed by atoms with Crippen LogP contribution < -0.4 is 0 Å². The van der Waals surface area contributed by atoms with Crippen molar-refractivity contribution in [3.8, 4) is 0 Å². The number of nitrogens with zero attached hydrogens (tertiary/aromatic N) is 1. The molecule has 0 N–H and O–H groups in total. The van der Waals surface area contributed by atoms with Crippen molar-refractivity contribution >= 4 is 10.9 Å². The molecule has 1 aromatic heterocycles. The summed E-state index contributed by atoms with van der Waals surface area (Å²) >= 11 is 0. The molecule has 0 saturated heterocycles. The fourth-order valence-corrected chi connectivity index (χ4v) is 2.88. The van der Waals surface area contributed by atoms with Crippen LogP contribution in [0.5, 0.6) is 0 Å². The fraction of sp³-hybridized carbons (Fsp3) is 0.400. The lowest BCUT2D eigenvalue weighted by atomic mass is 9.89. The molecule has 0 saturated carbocycles. The van der Waals surface area contributed by atoms with E-state index in [1.165, 1.54) is 42.3 Å². The minimum atomic E-state index is 1.13. The van der Waals surface area contributed by atoms with Gasteiger partial charge >= 0.3 is 0 Å². The molecule has 2 aromatic rings. The van der Waals surface area contributed by atoms with E-state index in [-0.39, 0.29) is 0 Å². The first-order valence-electron chi connectivity index (χ1n) is 6.29. The summed E-state index contributed by atoms with van der Waals surface area (Å²) in [6, 6.07) is 8.57. The van der Waals surface area contributed by atoms with Crippen LogP contribution >= 0.6 is 0 Å². The molecule has 0 bridgehead atoms. The average molecular weight is 211 g/mol. The van der Waals surface area contributed by atoms with Crippen molar-refractivity contribution in [3.63, 3.8) is 0 Å². The molecular formula is C15H17N. The van der Waals surface area contributed by atoms with Crippen LogP contribution in [0.3, 0.4) is 0 Å². The van der Waals surface area contributed by atoms with E-state index in [1.807, 2.05) is 0 Å². The lowest BCUT2D eigenvalue weighted by Crippen LogP contribution is -2.09. The smallest absolute Gasteiger partial charge is 0.0708 e. The van der Waals surface area contributed by atoms with E-state index in [2.05, 4.69) is 31.2 Å². The third-order valence-electron chi connectivity index (χ3n) is 3.64. The molecule has 0 radical (unpaired) electrons. The summed E-state index contributed by atoms with van der Waals surface area (Å²) in [5.74, 6) is 0. The van der Waals surface area contributed by atoms with Crippen LogP contribution in [0.4, 0.5) is 0 Å². The van der Waals surface area contributed by atoms with Gasteiger partial charge in [-0.2, -0.15) is 0 Å². The topological polar surface area (TPSA) is 12.9 Å². The molecule has 16 heavy (non-hydrogen) atoms. The van der Waals surface area contributed by atoms with E-state index in [9.17, 15) is 0 Å². The zero-order valence-corrected chi connectivity index (χ0v) is 9.79. The number of aryl methyl sites for hydroxylation is 2. The van der Waals surface area contributed by atoms with Crippen molar-refractivity contribution in [2.45, 2.75) is 39.0 Å². The predicted octanol–water partition coefficient (Wildman–Crippen LogP) is 3.68. The summed E-state index contributed by atoms with van der Waals surface area (Å²) in [7, 11) is 0. The summed E-state index contributed by atoms with van der Waals surface area (Å²) < 4.78 is 0. The van der Waals surface area contributed by atoms with Crippen molar-refractivity contribution in [1.82, 2.24) is 4.98 Å². The van der Waals surface area contributed by atoms with Crippen LogP contribution in [0.15, 0.2) is 24.3 Å². The molecule has 0 spiro atoms. The molecular weight excluding hydrogens is 194 g/mol. The molecule has 1 heterocycles. The Morgan fingerprint density at radius 1 is 1.12 bits per heavy atom. The fourth-order valence-electron chi connectivity index (χ4n) is 2.88. The molecule has 0 fully saturated rings. The average Bonchev–Trinajstić information content (AvgIpc) is 2.36. The van der Waals surface area contributed by atoms with Gasteiger partial charge in [-0.15, -0.1) is 0 Å². The normalized spacial score (nSPS) is 15.1. The molecule has 0 aliphatic heterocycles. The first-order valence-corrected chi connectivity index (χ1v) is 6.29. The Hall–Kier alpha value is -1.37. The molecule has 1 aromatic carbocycles. The number of hydrogen-bond donors (Lipinski definition) is 0. The second kappa shape index (κ2) is 3.89. The molecule has 1 aliphatic rings. The van der Waals surface area contributed by atoms with Crippen LogP contribution in [-0.4, -0.2) is 4.98 Å². The van der Waals surface area contributed by atoms with Crippen LogP contribution in [0.1, 0.15) is 36.6 Å². The second-order valence-corrected chi connectivity index (χ2v) is 4.59. The highest BCUT2D eigenvalue weighted by Crippen LogP contribution is 2.29. The van der Waals surface area contributed by atoms with Crippen LogP contribution in [0, 0.1) is 0 Å². The molecule has 1 heteroatoms. The number of hydrogen-bond acceptors (Lipinski definition) is 1. The molecule has 0 unspecified atom stereocenters. The van der Waals surface area contributed by atoms with Gasteiger partial charge in [-0.1, -0.05) is 25.1 Å². The zero-order chi connectivity index (χ0) is 11.0. The third-order valence-corrected chi connectivity index (χ3v) is 3.64. The maximum atomic E-state index is 4.82. The van der Waals surface area contributed by atoms with Gasteiger partial charge < -0.3 is 0 Å². The van der Waals surface area contributed by atoms with Crippen LogP contribution in [0.2, 0.25) is 0 Å². The van der Waals surface area contributed by atoms with Crippen molar-refractivity contribution < 1.29 is 0 Å². The number of rotatable bonds is 1. The lowest BCUT2D eigenvalue weighted by molar-refractivity contribution is 0.665. The van der Waals surface area contributed by atoms with Gasteiger partial charge in [0.2, 0.25) is 0 Å². The van der Waals surface area contributed by atoms with Gasteiger partial charge in [0.05, 0.1) is 5.52 Å². The van der Waals surface area contributed by atoms with Crippen molar-refractivity contribution in [1.29, 1.82) is 0 Å². The monoisotopic (exact) mass is 211 g/mol. The maximum absolute atomic E-state index is 4.82. The first-order chi connectivity index (χ1) is 7.90. The van der Waals surface area contributed by atoms with E-state index in [1.54, 1.807) is 11.1 Å². The Morgan fingerprint density at radius 2 is 1.94 bits per heavy atom. The summed E-state index contributed by atoms with van der Waals surface area (Å²) in [4.78, 5) is 4.82. The third kappa shape index (κ3) is 1.42. The predicted molar refractivity (Wildman–Crippen MR) is 67.8 cm³/mol. The number of benzene rings is 1. The highest BCUT2D eigenvalue weighted by atomic mass is 14.7. The largest absolute Gasteiger partial charge is 0.253 e. The Bertz CT molecular complexity index is 528. The first kappa shape index (κ1) is 9.83. The number of para-hydroxylation sites is 1. The van der Waals surface area contributed by atoms with E-state index < -0.39 is 0 Å². The van der Waals surface area contributed by atoms with E-state index in [4.69, 9.17) is 4.98 Å². The molecule has 1 aliphatic carbocycles. The minimum Gasteiger partial charge on any atom is -0.253 e. The Kier molecular flexibility index (Phi) is 2.39. The Morgan fingerprint density at radius 3 is 2.81 bits per heavy atom. The van der Waals surface area contributed by atoms with Gasteiger partial charge in [0.25, 0.3) is 0 Å². The summed E-state index contributed by atoms with van der Waals surface area (Å²) in [6.07, 6.45) is 6.18. The summed E-state index contributed by atoms with van der Waals surface area (Å²) in [5, 5.41) is 1.37. The standard InChI is InChI=1S/C15H17N/c1-2-11-12-7-3-5-9-14(12)16-15-10-6-4-8-13(11)15/h3,5,7,9H,2,4,6,8,10H2,1H3. The van der Waals surface area contributed by atoms with E-state index in [0.717, 1.165) is 6.42 Å². The van der Waals surface area contributed by atoms with Crippen molar-refractivity contribution in [2.24, 2.45) is 0 Å². The van der Waals surface area contributed by atoms with Crippen molar-refractivity contribution in [2.75, 3.05) is 0 Å². The minimum absolute atomic E-state index is 1.13.